The van der Waals surface area contributed by atoms with E-state index in [0.717, 1.165) is 24.9 Å². The maximum Gasteiger partial charge on any atom is 0.137 e. The molecule has 1 aromatic rings. The van der Waals surface area contributed by atoms with Crippen molar-refractivity contribution in [3.05, 3.63) is 34.1 Å². The number of halogens is 2. The fourth-order valence-corrected chi connectivity index (χ4v) is 2.58. The first-order valence-electron chi connectivity index (χ1n) is 5.28. The van der Waals surface area contributed by atoms with Crippen molar-refractivity contribution in [3.8, 4) is 0 Å². The van der Waals surface area contributed by atoms with Crippen molar-refractivity contribution in [3.63, 3.8) is 0 Å². The van der Waals surface area contributed by atoms with Crippen LogP contribution in [0.5, 0.6) is 0 Å². The molecule has 1 aromatic carbocycles. The van der Waals surface area contributed by atoms with Gasteiger partial charge in [-0.1, -0.05) is 12.5 Å². The largest absolute Gasteiger partial charge is 0.319 e. The monoisotopic (exact) mass is 271 g/mol. The van der Waals surface area contributed by atoms with Gasteiger partial charge in [0.1, 0.15) is 5.82 Å². The average Bonchev–Trinajstić information content (AvgIpc) is 2.16. The van der Waals surface area contributed by atoms with Crippen molar-refractivity contribution in [1.82, 2.24) is 5.32 Å². The van der Waals surface area contributed by atoms with Crippen LogP contribution in [0.3, 0.4) is 0 Å². The molecule has 15 heavy (non-hydrogen) atoms. The highest BCUT2D eigenvalue weighted by atomic mass is 79.9. The molecule has 1 fully saturated rings. The third kappa shape index (κ3) is 1.95. The van der Waals surface area contributed by atoms with Gasteiger partial charge in [-0.25, -0.2) is 4.39 Å². The summed E-state index contributed by atoms with van der Waals surface area (Å²) in [5.74, 6) is -0.158. The second-order valence-electron chi connectivity index (χ2n) is 4.29. The van der Waals surface area contributed by atoms with E-state index in [-0.39, 0.29) is 11.2 Å². The van der Waals surface area contributed by atoms with Crippen LogP contribution in [-0.2, 0) is 5.41 Å². The van der Waals surface area contributed by atoms with Crippen molar-refractivity contribution in [1.29, 1.82) is 0 Å². The van der Waals surface area contributed by atoms with Crippen LogP contribution in [-0.4, -0.2) is 13.6 Å². The minimum atomic E-state index is -0.158. The normalized spacial score (nSPS) is 18.6. The minimum Gasteiger partial charge on any atom is -0.319 e. The minimum absolute atomic E-state index is 0.158. The standard InChI is InChI=1S/C12H15BrFN/c1-15-8-12(5-2-6-12)9-3-4-10(13)11(14)7-9/h3-4,7,15H,2,5-6,8H2,1H3. The fourth-order valence-electron chi connectivity index (χ4n) is 2.34. The Kier molecular flexibility index (Phi) is 3.12. The van der Waals surface area contributed by atoms with Crippen molar-refractivity contribution in [2.24, 2.45) is 0 Å². The van der Waals surface area contributed by atoms with Gasteiger partial charge >= 0.3 is 0 Å². The van der Waals surface area contributed by atoms with Gasteiger partial charge in [0.05, 0.1) is 4.47 Å². The van der Waals surface area contributed by atoms with Crippen LogP contribution in [0, 0.1) is 5.82 Å². The highest BCUT2D eigenvalue weighted by molar-refractivity contribution is 9.10. The van der Waals surface area contributed by atoms with E-state index in [1.54, 1.807) is 12.1 Å². The zero-order chi connectivity index (χ0) is 10.9. The first-order chi connectivity index (χ1) is 7.18. The zero-order valence-electron chi connectivity index (χ0n) is 8.82. The van der Waals surface area contributed by atoms with E-state index < -0.39 is 0 Å². The molecule has 0 radical (unpaired) electrons. The molecular weight excluding hydrogens is 257 g/mol. The second-order valence-corrected chi connectivity index (χ2v) is 5.15. The lowest BCUT2D eigenvalue weighted by atomic mass is 9.64. The summed E-state index contributed by atoms with van der Waals surface area (Å²) >= 11 is 3.18. The summed E-state index contributed by atoms with van der Waals surface area (Å²) in [5.41, 5.74) is 1.31. The van der Waals surface area contributed by atoms with Gasteiger partial charge in [0, 0.05) is 12.0 Å². The molecule has 0 saturated heterocycles. The van der Waals surface area contributed by atoms with Crippen molar-refractivity contribution >= 4 is 15.9 Å². The van der Waals surface area contributed by atoms with E-state index in [9.17, 15) is 4.39 Å². The molecule has 0 atom stereocenters. The van der Waals surface area contributed by atoms with Crippen molar-refractivity contribution in [2.45, 2.75) is 24.7 Å². The van der Waals surface area contributed by atoms with E-state index in [4.69, 9.17) is 0 Å². The number of hydrogen-bond acceptors (Lipinski definition) is 1. The highest BCUT2D eigenvalue weighted by Gasteiger charge is 2.38. The van der Waals surface area contributed by atoms with Gasteiger partial charge in [-0.3, -0.25) is 0 Å². The third-order valence-corrected chi connectivity index (χ3v) is 4.00. The first-order valence-corrected chi connectivity index (χ1v) is 6.07. The van der Waals surface area contributed by atoms with Gasteiger partial charge in [-0.2, -0.15) is 0 Å². The number of nitrogens with one attached hydrogen (secondary N) is 1. The number of rotatable bonds is 3. The van der Waals surface area contributed by atoms with Crippen LogP contribution in [0.15, 0.2) is 22.7 Å². The summed E-state index contributed by atoms with van der Waals surface area (Å²) in [6.07, 6.45) is 3.57. The number of hydrogen-bond donors (Lipinski definition) is 1. The van der Waals surface area contributed by atoms with E-state index in [0.29, 0.717) is 4.47 Å². The zero-order valence-corrected chi connectivity index (χ0v) is 10.4. The Bertz CT molecular complexity index is 361. The molecule has 0 aromatic heterocycles. The van der Waals surface area contributed by atoms with Crippen LogP contribution < -0.4 is 5.32 Å². The van der Waals surface area contributed by atoms with E-state index in [1.165, 1.54) is 6.42 Å². The third-order valence-electron chi connectivity index (χ3n) is 3.36. The summed E-state index contributed by atoms with van der Waals surface area (Å²) in [7, 11) is 1.95. The molecule has 0 unspecified atom stereocenters. The lowest BCUT2D eigenvalue weighted by Crippen LogP contribution is -2.42. The molecule has 2 rings (SSSR count). The Hall–Kier alpha value is -0.410. The molecule has 1 aliphatic rings. The maximum atomic E-state index is 13.4. The number of benzene rings is 1. The molecule has 1 N–H and O–H groups in total. The molecule has 0 spiro atoms. The highest BCUT2D eigenvalue weighted by Crippen LogP contribution is 2.43. The van der Waals surface area contributed by atoms with Gasteiger partial charge in [-0.05, 0) is 53.5 Å². The van der Waals surface area contributed by atoms with Crippen molar-refractivity contribution < 1.29 is 4.39 Å². The van der Waals surface area contributed by atoms with Gasteiger partial charge in [-0.15, -0.1) is 0 Å². The predicted molar refractivity (Wildman–Crippen MR) is 63.6 cm³/mol. The molecule has 1 saturated carbocycles. The summed E-state index contributed by atoms with van der Waals surface area (Å²) in [6.45, 7) is 0.939. The lowest BCUT2D eigenvalue weighted by Gasteiger charge is -2.42. The van der Waals surface area contributed by atoms with Gasteiger partial charge in [0.15, 0.2) is 0 Å². The van der Waals surface area contributed by atoms with Crippen molar-refractivity contribution in [2.75, 3.05) is 13.6 Å². The Morgan fingerprint density at radius 1 is 1.47 bits per heavy atom. The maximum absolute atomic E-state index is 13.4. The van der Waals surface area contributed by atoms with Crippen LogP contribution in [0.4, 0.5) is 4.39 Å². The molecule has 0 bridgehead atoms. The SMILES string of the molecule is CNCC1(c2ccc(Br)c(F)c2)CCC1. The topological polar surface area (TPSA) is 12.0 Å². The summed E-state index contributed by atoms with van der Waals surface area (Å²) in [6, 6.07) is 5.50. The molecule has 0 amide bonds. The molecular formula is C12H15BrFN. The van der Waals surface area contributed by atoms with Crippen LogP contribution in [0.1, 0.15) is 24.8 Å². The molecule has 0 aliphatic heterocycles. The Labute approximate surface area is 98.2 Å². The Morgan fingerprint density at radius 2 is 2.20 bits per heavy atom. The summed E-state index contributed by atoms with van der Waals surface area (Å²) < 4.78 is 14.0. The summed E-state index contributed by atoms with van der Waals surface area (Å²) in [5, 5.41) is 3.21. The average molecular weight is 272 g/mol. The van der Waals surface area contributed by atoms with Gasteiger partial charge < -0.3 is 5.32 Å². The Morgan fingerprint density at radius 3 is 2.67 bits per heavy atom. The quantitative estimate of drug-likeness (QED) is 0.890. The van der Waals surface area contributed by atoms with E-state index >= 15 is 0 Å². The van der Waals surface area contributed by atoms with Crippen LogP contribution in [0.2, 0.25) is 0 Å². The van der Waals surface area contributed by atoms with Gasteiger partial charge in [0.25, 0.3) is 0 Å². The van der Waals surface area contributed by atoms with Gasteiger partial charge in [0.2, 0.25) is 0 Å². The second kappa shape index (κ2) is 4.22. The van der Waals surface area contributed by atoms with Crippen LogP contribution >= 0.6 is 15.9 Å². The van der Waals surface area contributed by atoms with Crippen LogP contribution in [0.25, 0.3) is 0 Å². The molecule has 0 heterocycles. The molecule has 1 nitrogen and oxygen atoms in total. The van der Waals surface area contributed by atoms with E-state index in [2.05, 4.69) is 21.2 Å². The molecule has 3 heteroatoms. The predicted octanol–water partition coefficient (Wildman–Crippen LogP) is 3.23. The summed E-state index contributed by atoms with van der Waals surface area (Å²) in [4.78, 5) is 0. The smallest absolute Gasteiger partial charge is 0.137 e. The fraction of sp³-hybridized carbons (Fsp3) is 0.500. The number of likely N-dealkylation sites (N-methyl/N-ethyl adjacent to an activating group) is 1. The Balaban J connectivity index is 2.30. The first kappa shape index (κ1) is 11.1. The lowest BCUT2D eigenvalue weighted by molar-refractivity contribution is 0.238. The molecule has 1 aliphatic carbocycles. The van der Waals surface area contributed by atoms with E-state index in [1.807, 2.05) is 13.1 Å². The molecule has 82 valence electrons.